The van der Waals surface area contributed by atoms with E-state index in [1.54, 1.807) is 11.5 Å². The van der Waals surface area contributed by atoms with E-state index in [1.807, 2.05) is 58.9 Å². The summed E-state index contributed by atoms with van der Waals surface area (Å²) in [4.78, 5) is 26.2. The summed E-state index contributed by atoms with van der Waals surface area (Å²) in [6.45, 7) is 5.94. The van der Waals surface area contributed by atoms with Gasteiger partial charge in [-0.3, -0.25) is 18.6 Å². The van der Waals surface area contributed by atoms with Gasteiger partial charge >= 0.3 is 0 Å². The van der Waals surface area contributed by atoms with Crippen LogP contribution in [0.25, 0.3) is 20.9 Å². The van der Waals surface area contributed by atoms with Crippen LogP contribution in [0.4, 0.5) is 5.82 Å². The monoisotopic (exact) mass is 419 g/mol. The molecule has 4 aromatic rings. The summed E-state index contributed by atoms with van der Waals surface area (Å²) < 4.78 is 2.99. The summed E-state index contributed by atoms with van der Waals surface area (Å²) in [7, 11) is 0. The number of nitrogens with zero attached hydrogens (tertiary/aromatic N) is 5. The molecule has 0 aliphatic carbocycles. The van der Waals surface area contributed by atoms with Gasteiger partial charge < -0.3 is 4.90 Å². The standard InChI is InChI=1S/C23H25N5OS/c29-23-19-5-1-2-6-21(19)30-28(23)12-4-3-11-26-13-15-27(16-14-26)22-20-17-24-9-7-18(20)8-10-25-22/h1-2,5-10,17H,3-4,11-16H2. The summed E-state index contributed by atoms with van der Waals surface area (Å²) in [5.74, 6) is 1.05. The van der Waals surface area contributed by atoms with E-state index in [4.69, 9.17) is 0 Å². The molecule has 1 saturated heterocycles. The van der Waals surface area contributed by atoms with Gasteiger partial charge in [0.2, 0.25) is 0 Å². The topological polar surface area (TPSA) is 54.3 Å². The Labute approximate surface area is 179 Å². The maximum absolute atomic E-state index is 12.4. The molecule has 1 aliphatic rings. The molecule has 1 aliphatic heterocycles. The van der Waals surface area contributed by atoms with Gasteiger partial charge in [-0.1, -0.05) is 23.7 Å². The Kier molecular flexibility index (Phi) is 5.46. The summed E-state index contributed by atoms with van der Waals surface area (Å²) in [5, 5.41) is 3.16. The van der Waals surface area contributed by atoms with Crippen molar-refractivity contribution in [2.75, 3.05) is 37.6 Å². The lowest BCUT2D eigenvalue weighted by molar-refractivity contribution is 0.251. The first-order chi connectivity index (χ1) is 14.8. The third-order valence-corrected chi connectivity index (χ3v) is 6.98. The number of rotatable bonds is 6. The van der Waals surface area contributed by atoms with Crippen LogP contribution >= 0.6 is 11.5 Å². The molecule has 0 unspecified atom stereocenters. The Balaban J connectivity index is 1.12. The molecule has 0 N–H and O–H groups in total. The minimum Gasteiger partial charge on any atom is -0.353 e. The Morgan fingerprint density at radius 1 is 0.900 bits per heavy atom. The summed E-state index contributed by atoms with van der Waals surface area (Å²) in [6, 6.07) is 12.0. The van der Waals surface area contributed by atoms with Crippen LogP contribution in [0.3, 0.4) is 0 Å². The van der Waals surface area contributed by atoms with Crippen molar-refractivity contribution >= 4 is 38.2 Å². The molecule has 1 aromatic carbocycles. The highest BCUT2D eigenvalue weighted by atomic mass is 32.1. The number of hydrogen-bond acceptors (Lipinski definition) is 6. The molecule has 0 atom stereocenters. The Hall–Kier alpha value is -2.77. The summed E-state index contributed by atoms with van der Waals surface area (Å²) in [6.07, 6.45) is 7.78. The van der Waals surface area contributed by atoms with Crippen LogP contribution in [-0.2, 0) is 6.54 Å². The van der Waals surface area contributed by atoms with Crippen molar-refractivity contribution in [2.45, 2.75) is 19.4 Å². The van der Waals surface area contributed by atoms with Gasteiger partial charge in [-0.15, -0.1) is 0 Å². The number of anilines is 1. The molecule has 1 fully saturated rings. The van der Waals surface area contributed by atoms with E-state index in [0.29, 0.717) is 0 Å². The zero-order valence-electron chi connectivity index (χ0n) is 16.9. The zero-order valence-corrected chi connectivity index (χ0v) is 17.7. The number of benzene rings is 1. The molecule has 7 heteroatoms. The highest BCUT2D eigenvalue weighted by molar-refractivity contribution is 7.13. The largest absolute Gasteiger partial charge is 0.353 e. The second-order valence-corrected chi connectivity index (χ2v) is 8.83. The minimum absolute atomic E-state index is 0.154. The lowest BCUT2D eigenvalue weighted by Crippen LogP contribution is -2.47. The van der Waals surface area contributed by atoms with E-state index in [0.717, 1.165) is 73.4 Å². The molecule has 0 amide bonds. The van der Waals surface area contributed by atoms with Crippen molar-refractivity contribution in [3.63, 3.8) is 0 Å². The molecule has 6 nitrogen and oxygen atoms in total. The molecular formula is C23H25N5OS. The lowest BCUT2D eigenvalue weighted by atomic mass is 10.2. The first-order valence-corrected chi connectivity index (χ1v) is 11.3. The number of pyridine rings is 2. The maximum atomic E-state index is 12.4. The van der Waals surface area contributed by atoms with E-state index < -0.39 is 0 Å². The van der Waals surface area contributed by atoms with Crippen molar-refractivity contribution in [1.82, 2.24) is 18.8 Å². The Morgan fingerprint density at radius 2 is 1.70 bits per heavy atom. The SMILES string of the molecule is O=c1c2ccccc2sn1CCCCN1CCN(c2nccc3ccncc23)CC1. The second-order valence-electron chi connectivity index (χ2n) is 7.76. The molecule has 0 radical (unpaired) electrons. The normalized spacial score (nSPS) is 15.3. The van der Waals surface area contributed by atoms with E-state index >= 15 is 0 Å². The molecule has 0 saturated carbocycles. The van der Waals surface area contributed by atoms with E-state index in [9.17, 15) is 4.79 Å². The van der Waals surface area contributed by atoms with Crippen LogP contribution in [-0.4, -0.2) is 51.5 Å². The van der Waals surface area contributed by atoms with Crippen molar-refractivity contribution in [3.8, 4) is 0 Å². The van der Waals surface area contributed by atoms with Gasteiger partial charge in [0, 0.05) is 56.7 Å². The molecule has 3 aromatic heterocycles. The van der Waals surface area contributed by atoms with Crippen molar-refractivity contribution in [2.24, 2.45) is 0 Å². The fourth-order valence-corrected chi connectivity index (χ4v) is 5.22. The van der Waals surface area contributed by atoms with Crippen LogP contribution in [0.1, 0.15) is 12.8 Å². The number of hydrogen-bond donors (Lipinski definition) is 0. The number of piperazine rings is 1. The maximum Gasteiger partial charge on any atom is 0.268 e. The van der Waals surface area contributed by atoms with Gasteiger partial charge in [0.25, 0.3) is 5.56 Å². The van der Waals surface area contributed by atoms with E-state index in [-0.39, 0.29) is 5.56 Å². The van der Waals surface area contributed by atoms with Gasteiger partial charge in [-0.2, -0.15) is 0 Å². The third kappa shape index (κ3) is 3.82. The van der Waals surface area contributed by atoms with Crippen molar-refractivity contribution < 1.29 is 0 Å². The van der Waals surface area contributed by atoms with Crippen molar-refractivity contribution in [1.29, 1.82) is 0 Å². The molecule has 30 heavy (non-hydrogen) atoms. The molecular weight excluding hydrogens is 394 g/mol. The van der Waals surface area contributed by atoms with Gasteiger partial charge in [0.05, 0.1) is 10.1 Å². The number of aryl methyl sites for hydroxylation is 1. The van der Waals surface area contributed by atoms with Gasteiger partial charge in [-0.25, -0.2) is 4.98 Å². The molecule has 5 rings (SSSR count). The first-order valence-electron chi connectivity index (χ1n) is 10.5. The number of fused-ring (bicyclic) bond motifs is 2. The van der Waals surface area contributed by atoms with Crippen LogP contribution in [0.15, 0.2) is 59.8 Å². The number of aromatic nitrogens is 3. The molecule has 154 valence electrons. The number of unbranched alkanes of at least 4 members (excludes halogenated alkanes) is 1. The van der Waals surface area contributed by atoms with Crippen LogP contribution in [0.5, 0.6) is 0 Å². The summed E-state index contributed by atoms with van der Waals surface area (Å²) >= 11 is 1.58. The fourth-order valence-electron chi connectivity index (χ4n) is 4.19. The first kappa shape index (κ1) is 19.2. The molecule has 4 heterocycles. The molecule has 0 spiro atoms. The fraction of sp³-hybridized carbons (Fsp3) is 0.348. The Bertz CT molecular complexity index is 1200. The van der Waals surface area contributed by atoms with Crippen LogP contribution < -0.4 is 10.5 Å². The smallest absolute Gasteiger partial charge is 0.268 e. The Morgan fingerprint density at radius 3 is 2.57 bits per heavy atom. The van der Waals surface area contributed by atoms with Crippen LogP contribution in [0.2, 0.25) is 0 Å². The van der Waals surface area contributed by atoms with Crippen LogP contribution in [0, 0.1) is 0 Å². The van der Waals surface area contributed by atoms with Crippen molar-refractivity contribution in [3.05, 3.63) is 65.3 Å². The third-order valence-electron chi connectivity index (χ3n) is 5.86. The highest BCUT2D eigenvalue weighted by Gasteiger charge is 2.19. The lowest BCUT2D eigenvalue weighted by Gasteiger charge is -2.35. The highest BCUT2D eigenvalue weighted by Crippen LogP contribution is 2.24. The molecule has 0 bridgehead atoms. The van der Waals surface area contributed by atoms with Gasteiger partial charge in [0.1, 0.15) is 5.82 Å². The predicted octanol–water partition coefficient (Wildman–Crippen LogP) is 3.61. The quantitative estimate of drug-likeness (QED) is 0.447. The van der Waals surface area contributed by atoms with Gasteiger partial charge in [-0.05, 0) is 49.0 Å². The summed E-state index contributed by atoms with van der Waals surface area (Å²) in [5.41, 5.74) is 0.154. The predicted molar refractivity (Wildman–Crippen MR) is 124 cm³/mol. The van der Waals surface area contributed by atoms with E-state index in [2.05, 4.69) is 19.8 Å². The minimum atomic E-state index is 0.154. The zero-order chi connectivity index (χ0) is 20.3. The van der Waals surface area contributed by atoms with E-state index in [1.165, 1.54) is 5.39 Å². The average molecular weight is 420 g/mol. The average Bonchev–Trinajstić information content (AvgIpc) is 3.12. The van der Waals surface area contributed by atoms with Gasteiger partial charge in [0.15, 0.2) is 0 Å². The second kappa shape index (κ2) is 8.53.